The van der Waals surface area contributed by atoms with Crippen LogP contribution in [0.15, 0.2) is 23.3 Å². The molecule has 4 aliphatic carbocycles. The highest BCUT2D eigenvalue weighted by Crippen LogP contribution is 2.66. The van der Waals surface area contributed by atoms with Gasteiger partial charge in [0, 0.05) is 6.42 Å². The van der Waals surface area contributed by atoms with Crippen LogP contribution in [0.2, 0.25) is 0 Å². The topological polar surface area (TPSA) is 101 Å². The average molecular weight is 495 g/mol. The van der Waals surface area contributed by atoms with Crippen LogP contribution in [-0.2, 0) is 19.4 Å². The maximum Gasteiger partial charge on any atom is 0.397 e. The fourth-order valence-corrected chi connectivity index (χ4v) is 9.13. The van der Waals surface area contributed by atoms with Crippen LogP contribution < -0.4 is 0 Å². The first-order valence-electron chi connectivity index (χ1n) is 13.0. The van der Waals surface area contributed by atoms with Crippen LogP contribution in [0.3, 0.4) is 0 Å². The van der Waals surface area contributed by atoms with Gasteiger partial charge in [-0.15, -0.1) is 0 Å². The molecule has 0 heterocycles. The maximum atomic E-state index is 12.5. The molecule has 0 saturated heterocycles. The zero-order valence-corrected chi connectivity index (χ0v) is 22.1. The third-order valence-electron chi connectivity index (χ3n) is 9.99. The van der Waals surface area contributed by atoms with Crippen molar-refractivity contribution in [3.63, 3.8) is 0 Å². The average Bonchev–Trinajstić information content (AvgIpc) is 3.05. The number of hydrogen-bond donors (Lipinski definition) is 2. The molecule has 0 aromatic carbocycles. The summed E-state index contributed by atoms with van der Waals surface area (Å²) in [6.45, 7) is 10.8. The van der Waals surface area contributed by atoms with Gasteiger partial charge in [0.15, 0.2) is 5.78 Å². The van der Waals surface area contributed by atoms with Crippen LogP contribution in [0.5, 0.6) is 0 Å². The molecule has 2 N–H and O–H groups in total. The molecule has 0 aliphatic heterocycles. The minimum Gasteiger partial charge on any atom is -0.393 e. The van der Waals surface area contributed by atoms with Crippen LogP contribution in [0.25, 0.3) is 0 Å². The van der Waals surface area contributed by atoms with Crippen molar-refractivity contribution in [1.82, 2.24) is 0 Å². The predicted octanol–water partition coefficient (Wildman–Crippen LogP) is 5.29. The summed E-state index contributed by atoms with van der Waals surface area (Å²) >= 11 is 0. The lowest BCUT2D eigenvalue weighted by Gasteiger charge is -2.58. The van der Waals surface area contributed by atoms with Gasteiger partial charge in [-0.1, -0.05) is 38.0 Å². The van der Waals surface area contributed by atoms with Gasteiger partial charge in [0.1, 0.15) is 0 Å². The first-order chi connectivity index (χ1) is 15.7. The number of carbonyl (C=O) groups is 1. The molecule has 0 bridgehead atoms. The van der Waals surface area contributed by atoms with Gasteiger partial charge in [0.2, 0.25) is 0 Å². The van der Waals surface area contributed by atoms with Crippen molar-refractivity contribution in [2.24, 2.45) is 40.4 Å². The lowest BCUT2D eigenvalue weighted by Crippen LogP contribution is -2.54. The van der Waals surface area contributed by atoms with Crippen molar-refractivity contribution >= 4 is 16.2 Å². The van der Waals surface area contributed by atoms with Crippen molar-refractivity contribution in [2.45, 2.75) is 98.2 Å². The number of fused-ring (bicyclic) bond motifs is 5. The van der Waals surface area contributed by atoms with Gasteiger partial charge in [-0.05, 0) is 105 Å². The molecule has 4 rings (SSSR count). The summed E-state index contributed by atoms with van der Waals surface area (Å²) in [4.78, 5) is 12.5. The van der Waals surface area contributed by atoms with Crippen LogP contribution in [0.1, 0.15) is 86.0 Å². The zero-order valence-electron chi connectivity index (χ0n) is 21.3. The number of carbonyl (C=O) groups excluding carboxylic acids is 1. The normalized spacial score (nSPS) is 42.6. The highest BCUT2D eigenvalue weighted by atomic mass is 32.3. The van der Waals surface area contributed by atoms with E-state index in [1.54, 1.807) is 6.08 Å². The van der Waals surface area contributed by atoms with Crippen molar-refractivity contribution in [3.8, 4) is 0 Å². The zero-order chi connectivity index (χ0) is 25.1. The third-order valence-corrected chi connectivity index (χ3v) is 10.5. The minimum atomic E-state index is -4.50. The molecule has 34 heavy (non-hydrogen) atoms. The Morgan fingerprint density at radius 3 is 2.56 bits per heavy atom. The molecule has 0 spiro atoms. The van der Waals surface area contributed by atoms with Crippen molar-refractivity contribution in [1.29, 1.82) is 0 Å². The molecule has 6 nitrogen and oxygen atoms in total. The molecular weight excluding hydrogens is 452 g/mol. The Balaban J connectivity index is 1.55. The molecule has 3 saturated carbocycles. The van der Waals surface area contributed by atoms with E-state index in [9.17, 15) is 18.3 Å². The highest BCUT2D eigenvalue weighted by Gasteiger charge is 2.59. The summed E-state index contributed by atoms with van der Waals surface area (Å²) in [6.07, 6.45) is 9.40. The van der Waals surface area contributed by atoms with E-state index in [0.29, 0.717) is 49.4 Å². The SMILES string of the molecule is CC(C)=CC(=O)C[C@@H](C)[C@H]1CC[C@H]2[C@@H]3C[C@H](O)[C@H]4C[C@@H](OS(=O)(=O)O)CC[C@]4(C)C3=CC[C@]12C. The second-order valence-corrected chi connectivity index (χ2v) is 13.4. The minimum absolute atomic E-state index is 0.0716. The quantitative estimate of drug-likeness (QED) is 0.296. The largest absolute Gasteiger partial charge is 0.397 e. The molecule has 0 aromatic heterocycles. The molecule has 4 aliphatic rings. The van der Waals surface area contributed by atoms with E-state index in [-0.39, 0.29) is 22.5 Å². The van der Waals surface area contributed by atoms with E-state index in [1.807, 2.05) is 13.8 Å². The highest BCUT2D eigenvalue weighted by molar-refractivity contribution is 7.80. The number of hydrogen-bond acceptors (Lipinski definition) is 5. The summed E-state index contributed by atoms with van der Waals surface area (Å²) in [5.41, 5.74) is 2.46. The monoisotopic (exact) mass is 494 g/mol. The second kappa shape index (κ2) is 9.13. The maximum absolute atomic E-state index is 12.5. The van der Waals surface area contributed by atoms with Crippen LogP contribution >= 0.6 is 0 Å². The fraction of sp³-hybridized carbons (Fsp3) is 0.815. The van der Waals surface area contributed by atoms with E-state index < -0.39 is 22.6 Å². The molecule has 0 aromatic rings. The Morgan fingerprint density at radius 2 is 1.91 bits per heavy atom. The molecule has 3 fully saturated rings. The van der Waals surface area contributed by atoms with Crippen molar-refractivity contribution in [2.75, 3.05) is 0 Å². The Morgan fingerprint density at radius 1 is 1.21 bits per heavy atom. The molecule has 0 amide bonds. The van der Waals surface area contributed by atoms with Crippen LogP contribution in [0, 0.1) is 40.4 Å². The van der Waals surface area contributed by atoms with Gasteiger partial charge in [0.25, 0.3) is 0 Å². The lowest BCUT2D eigenvalue weighted by atomic mass is 9.47. The van der Waals surface area contributed by atoms with Gasteiger partial charge >= 0.3 is 10.4 Å². The molecule has 7 heteroatoms. The van der Waals surface area contributed by atoms with E-state index in [2.05, 4.69) is 26.8 Å². The lowest BCUT2D eigenvalue weighted by molar-refractivity contribution is -0.116. The van der Waals surface area contributed by atoms with Gasteiger partial charge in [-0.3, -0.25) is 9.35 Å². The fourth-order valence-electron chi connectivity index (χ4n) is 8.61. The predicted molar refractivity (Wildman–Crippen MR) is 131 cm³/mol. The standard InChI is InChI=1S/C27H42O6S/c1-16(2)12-18(28)13-17(3)21-6-7-22-20-15-25(29)24-14-19(33-34(30,31)32)8-10-27(24,5)23(20)9-11-26(21,22)4/h9,12,17,19-22,24-25,29H,6-8,10-11,13-15H2,1-5H3,(H,30,31,32)/t17-,19+,20+,21-,22+,24-,25+,26-,27-/m1/s1. The summed E-state index contributed by atoms with van der Waals surface area (Å²) in [5.74, 6) is 1.80. The third kappa shape index (κ3) is 4.70. The van der Waals surface area contributed by atoms with E-state index in [1.165, 1.54) is 5.57 Å². The van der Waals surface area contributed by atoms with Gasteiger partial charge in [0.05, 0.1) is 12.2 Å². The van der Waals surface area contributed by atoms with E-state index >= 15 is 0 Å². The Bertz CT molecular complexity index is 979. The Hall–Kier alpha value is -1.02. The van der Waals surface area contributed by atoms with Gasteiger partial charge < -0.3 is 5.11 Å². The first kappa shape index (κ1) is 26.1. The van der Waals surface area contributed by atoms with Crippen molar-refractivity contribution in [3.05, 3.63) is 23.3 Å². The summed E-state index contributed by atoms with van der Waals surface area (Å²) in [6, 6.07) is 0. The smallest absolute Gasteiger partial charge is 0.393 e. The summed E-state index contributed by atoms with van der Waals surface area (Å²) in [5, 5.41) is 11.3. The van der Waals surface area contributed by atoms with E-state index in [4.69, 9.17) is 8.74 Å². The molecular formula is C27H42O6S. The number of allylic oxidation sites excluding steroid dienone is 4. The van der Waals surface area contributed by atoms with Crippen LogP contribution in [0.4, 0.5) is 0 Å². The Labute approximate surface area is 205 Å². The Kier molecular flexibility index (Phi) is 7.00. The number of aliphatic hydroxyl groups excluding tert-OH is 1. The summed E-state index contributed by atoms with van der Waals surface area (Å²) in [7, 11) is -4.50. The van der Waals surface area contributed by atoms with E-state index in [0.717, 1.165) is 31.3 Å². The first-order valence-corrected chi connectivity index (χ1v) is 14.3. The molecule has 192 valence electrons. The van der Waals surface area contributed by atoms with Crippen LogP contribution in [-0.4, -0.2) is 36.1 Å². The number of rotatable bonds is 6. The van der Waals surface area contributed by atoms with Crippen molar-refractivity contribution < 1.29 is 27.1 Å². The molecule has 9 atom stereocenters. The van der Waals surface area contributed by atoms with Gasteiger partial charge in [-0.25, -0.2) is 4.18 Å². The molecule has 0 unspecified atom stereocenters. The number of aliphatic hydroxyl groups is 1. The molecule has 0 radical (unpaired) electrons. The summed E-state index contributed by atoms with van der Waals surface area (Å²) < 4.78 is 36.5. The second-order valence-electron chi connectivity index (χ2n) is 12.4. The number of ketones is 1. The van der Waals surface area contributed by atoms with Gasteiger partial charge in [-0.2, -0.15) is 8.42 Å².